The van der Waals surface area contributed by atoms with Crippen molar-refractivity contribution in [1.82, 2.24) is 5.16 Å². The summed E-state index contributed by atoms with van der Waals surface area (Å²) in [7, 11) is 0. The lowest BCUT2D eigenvalue weighted by molar-refractivity contribution is 0.0697. The number of carboxylic acid groups (broad SMARTS) is 1. The molecule has 0 aliphatic rings. The summed E-state index contributed by atoms with van der Waals surface area (Å²) in [5.74, 6) is 0.261. The number of nitrogens with zero attached hydrogens (tertiary/aromatic N) is 1. The second-order valence-corrected chi connectivity index (χ2v) is 10.6. The Bertz CT molecular complexity index is 1460. The molecule has 5 nitrogen and oxygen atoms in total. The average Bonchev–Trinajstić information content (AvgIpc) is 3.26. The summed E-state index contributed by atoms with van der Waals surface area (Å²) in [6.07, 6.45) is 3.63. The molecule has 0 atom stereocenters. The van der Waals surface area contributed by atoms with Crippen molar-refractivity contribution in [2.24, 2.45) is 0 Å². The van der Waals surface area contributed by atoms with Gasteiger partial charge in [0.1, 0.15) is 23.8 Å². The molecule has 0 amide bonds. The zero-order chi connectivity index (χ0) is 26.7. The number of carbonyl (C=O) groups is 1. The van der Waals surface area contributed by atoms with Crippen molar-refractivity contribution in [3.05, 3.63) is 104 Å². The minimum absolute atomic E-state index is 0.167. The monoisotopic (exact) mass is 555 g/mol. The van der Waals surface area contributed by atoms with E-state index >= 15 is 0 Å². The number of rotatable bonds is 7. The lowest BCUT2D eigenvalue weighted by Gasteiger charge is -2.17. The van der Waals surface area contributed by atoms with Gasteiger partial charge in [0, 0.05) is 11.0 Å². The van der Waals surface area contributed by atoms with E-state index in [0.717, 1.165) is 16.7 Å². The number of benzene rings is 3. The molecule has 190 valence electrons. The first-order valence-corrected chi connectivity index (χ1v) is 12.5. The van der Waals surface area contributed by atoms with Gasteiger partial charge in [0.15, 0.2) is 0 Å². The Labute approximate surface area is 230 Å². The van der Waals surface area contributed by atoms with Gasteiger partial charge in [-0.1, -0.05) is 91.1 Å². The molecule has 0 unspecified atom stereocenters. The van der Waals surface area contributed by atoms with Gasteiger partial charge >= 0.3 is 5.97 Å². The molecular formula is C29H24Cl3NO4. The first-order chi connectivity index (χ1) is 17.5. The molecule has 0 aliphatic carbocycles. The van der Waals surface area contributed by atoms with E-state index in [4.69, 9.17) is 44.1 Å². The Hall–Kier alpha value is -3.25. The van der Waals surface area contributed by atoms with E-state index < -0.39 is 5.97 Å². The van der Waals surface area contributed by atoms with Gasteiger partial charge in [-0.2, -0.15) is 0 Å². The number of halogens is 3. The second-order valence-electron chi connectivity index (χ2n) is 9.42. The van der Waals surface area contributed by atoms with Crippen LogP contribution in [0.4, 0.5) is 0 Å². The Balaban J connectivity index is 1.58. The fourth-order valence-electron chi connectivity index (χ4n) is 3.80. The van der Waals surface area contributed by atoms with Crippen molar-refractivity contribution >= 4 is 52.9 Å². The van der Waals surface area contributed by atoms with E-state index in [1.807, 2.05) is 45.0 Å². The van der Waals surface area contributed by atoms with Crippen molar-refractivity contribution in [2.75, 3.05) is 0 Å². The quantitative estimate of drug-likeness (QED) is 0.230. The van der Waals surface area contributed by atoms with E-state index in [0.29, 0.717) is 37.8 Å². The van der Waals surface area contributed by atoms with Crippen LogP contribution >= 0.6 is 34.8 Å². The third-order valence-electron chi connectivity index (χ3n) is 5.61. The molecule has 0 spiro atoms. The molecule has 4 aromatic rings. The Kier molecular flexibility index (Phi) is 7.98. The Morgan fingerprint density at radius 3 is 2.32 bits per heavy atom. The van der Waals surface area contributed by atoms with E-state index in [1.54, 1.807) is 48.5 Å². The molecule has 4 rings (SSSR count). The van der Waals surface area contributed by atoms with Crippen LogP contribution in [0.25, 0.3) is 23.4 Å². The SMILES string of the molecule is CC(C)(C)c1onc(-c2c(Cl)cccc2Cl)c1COc1ccc(/C=C/c2cccc(C(=O)O)c2)c(Cl)c1. The highest BCUT2D eigenvalue weighted by Gasteiger charge is 2.29. The summed E-state index contributed by atoms with van der Waals surface area (Å²) < 4.78 is 11.8. The first-order valence-electron chi connectivity index (χ1n) is 11.4. The van der Waals surface area contributed by atoms with Gasteiger partial charge in [0.05, 0.1) is 26.2 Å². The molecule has 1 N–H and O–H groups in total. The molecule has 0 aliphatic heterocycles. The van der Waals surface area contributed by atoms with Gasteiger partial charge in [-0.25, -0.2) is 4.79 Å². The van der Waals surface area contributed by atoms with Crippen molar-refractivity contribution in [1.29, 1.82) is 0 Å². The second kappa shape index (κ2) is 11.0. The highest BCUT2D eigenvalue weighted by molar-refractivity contribution is 6.39. The summed E-state index contributed by atoms with van der Waals surface area (Å²) in [5, 5.41) is 14.9. The Morgan fingerprint density at radius 1 is 0.973 bits per heavy atom. The van der Waals surface area contributed by atoms with Crippen LogP contribution in [0.15, 0.2) is 65.2 Å². The minimum Gasteiger partial charge on any atom is -0.489 e. The molecule has 1 aromatic heterocycles. The van der Waals surface area contributed by atoms with E-state index in [-0.39, 0.29) is 17.6 Å². The third-order valence-corrected chi connectivity index (χ3v) is 6.57. The lowest BCUT2D eigenvalue weighted by Crippen LogP contribution is -2.14. The van der Waals surface area contributed by atoms with Crippen molar-refractivity contribution < 1.29 is 19.2 Å². The van der Waals surface area contributed by atoms with Crippen molar-refractivity contribution in [2.45, 2.75) is 32.8 Å². The average molecular weight is 557 g/mol. The molecule has 1 heterocycles. The van der Waals surface area contributed by atoms with E-state index in [1.165, 1.54) is 0 Å². The van der Waals surface area contributed by atoms with Crippen LogP contribution in [-0.4, -0.2) is 16.2 Å². The summed E-state index contributed by atoms with van der Waals surface area (Å²) >= 11 is 19.4. The predicted molar refractivity (Wildman–Crippen MR) is 149 cm³/mol. The molecule has 0 fully saturated rings. The van der Waals surface area contributed by atoms with Gasteiger partial charge in [-0.3, -0.25) is 0 Å². The smallest absolute Gasteiger partial charge is 0.335 e. The zero-order valence-electron chi connectivity index (χ0n) is 20.4. The summed E-state index contributed by atoms with van der Waals surface area (Å²) in [5.41, 5.74) is 3.28. The lowest BCUT2D eigenvalue weighted by atomic mass is 9.89. The first kappa shape index (κ1) is 26.8. The van der Waals surface area contributed by atoms with Crippen LogP contribution < -0.4 is 4.74 Å². The highest BCUT2D eigenvalue weighted by Crippen LogP contribution is 2.40. The molecule has 0 saturated heterocycles. The molecule has 8 heteroatoms. The predicted octanol–water partition coefficient (Wildman–Crippen LogP) is 9.05. The summed E-state index contributed by atoms with van der Waals surface area (Å²) in [6, 6.07) is 17.3. The van der Waals surface area contributed by atoms with Crippen LogP contribution in [0.2, 0.25) is 15.1 Å². The fourth-order valence-corrected chi connectivity index (χ4v) is 4.61. The third kappa shape index (κ3) is 6.19. The van der Waals surface area contributed by atoms with Crippen LogP contribution in [0.3, 0.4) is 0 Å². The topological polar surface area (TPSA) is 72.6 Å². The molecular weight excluding hydrogens is 533 g/mol. The number of hydrogen-bond donors (Lipinski definition) is 1. The molecule has 37 heavy (non-hydrogen) atoms. The maximum Gasteiger partial charge on any atom is 0.335 e. The summed E-state index contributed by atoms with van der Waals surface area (Å²) in [4.78, 5) is 11.2. The number of ether oxygens (including phenoxy) is 1. The van der Waals surface area contributed by atoms with Crippen LogP contribution in [0.1, 0.15) is 53.6 Å². The van der Waals surface area contributed by atoms with Gasteiger partial charge < -0.3 is 14.4 Å². The number of aromatic nitrogens is 1. The summed E-state index contributed by atoms with van der Waals surface area (Å²) in [6.45, 7) is 6.25. The number of hydrogen-bond acceptors (Lipinski definition) is 4. The van der Waals surface area contributed by atoms with Gasteiger partial charge in [-0.05, 0) is 53.6 Å². The van der Waals surface area contributed by atoms with Crippen molar-refractivity contribution in [3.63, 3.8) is 0 Å². The maximum absolute atomic E-state index is 11.2. The van der Waals surface area contributed by atoms with Crippen LogP contribution in [0.5, 0.6) is 5.75 Å². The Morgan fingerprint density at radius 2 is 1.68 bits per heavy atom. The normalized spacial score (nSPS) is 11.7. The van der Waals surface area contributed by atoms with Crippen LogP contribution in [0, 0.1) is 0 Å². The highest BCUT2D eigenvalue weighted by atomic mass is 35.5. The molecule has 0 radical (unpaired) electrons. The fraction of sp³-hybridized carbons (Fsp3) is 0.172. The number of carboxylic acids is 1. The van der Waals surface area contributed by atoms with Gasteiger partial charge in [0.2, 0.25) is 0 Å². The van der Waals surface area contributed by atoms with E-state index in [2.05, 4.69) is 5.16 Å². The largest absolute Gasteiger partial charge is 0.489 e. The van der Waals surface area contributed by atoms with E-state index in [9.17, 15) is 9.90 Å². The molecule has 0 bridgehead atoms. The zero-order valence-corrected chi connectivity index (χ0v) is 22.7. The maximum atomic E-state index is 11.2. The van der Waals surface area contributed by atoms with Crippen molar-refractivity contribution in [3.8, 4) is 17.0 Å². The molecule has 0 saturated carbocycles. The number of aromatic carboxylic acids is 1. The van der Waals surface area contributed by atoms with Gasteiger partial charge in [0.25, 0.3) is 0 Å². The standard InChI is InChI=1S/C29H24Cl3NO4/c1-29(2,3)27-21(26(33-37-27)25-22(30)8-5-9-23(25)31)16-36-20-13-12-18(24(32)15-20)11-10-17-6-4-7-19(14-17)28(34)35/h4-15H,16H2,1-3H3,(H,34,35)/b11-10+. The minimum atomic E-state index is -0.975. The van der Waals surface area contributed by atoms with Gasteiger partial charge in [-0.15, -0.1) is 0 Å². The molecule has 3 aromatic carbocycles. The van der Waals surface area contributed by atoms with Crippen LogP contribution in [-0.2, 0) is 12.0 Å².